The highest BCUT2D eigenvalue weighted by molar-refractivity contribution is 9.10. The summed E-state index contributed by atoms with van der Waals surface area (Å²) in [6, 6.07) is 1.46. The van der Waals surface area contributed by atoms with E-state index in [4.69, 9.17) is 14.6 Å². The molecule has 1 unspecified atom stereocenters. The fourth-order valence-corrected chi connectivity index (χ4v) is 2.16. The maximum atomic E-state index is 14.0. The van der Waals surface area contributed by atoms with Crippen LogP contribution in [0.3, 0.4) is 0 Å². The lowest BCUT2D eigenvalue weighted by Crippen LogP contribution is -2.13. The summed E-state index contributed by atoms with van der Waals surface area (Å²) in [4.78, 5) is 10.8. The van der Waals surface area contributed by atoms with Crippen LogP contribution < -0.4 is 9.47 Å². The second kappa shape index (κ2) is 6.04. The van der Waals surface area contributed by atoms with Crippen molar-refractivity contribution in [3.8, 4) is 11.5 Å². The third kappa shape index (κ3) is 2.93. The lowest BCUT2D eigenvalue weighted by Gasteiger charge is -2.14. The van der Waals surface area contributed by atoms with E-state index in [0.717, 1.165) is 0 Å². The van der Waals surface area contributed by atoms with Crippen LogP contribution in [0.5, 0.6) is 11.5 Å². The van der Waals surface area contributed by atoms with Crippen molar-refractivity contribution in [2.45, 2.75) is 13.3 Å². The molecule has 0 saturated carbocycles. The molecule has 0 radical (unpaired) electrons. The minimum atomic E-state index is -0.972. The van der Waals surface area contributed by atoms with Crippen molar-refractivity contribution >= 4 is 21.9 Å². The van der Waals surface area contributed by atoms with Gasteiger partial charge in [-0.25, -0.2) is 4.39 Å². The molecule has 0 fully saturated rings. The molecule has 0 bridgehead atoms. The Balaban J connectivity index is 3.21. The molecule has 6 heteroatoms. The van der Waals surface area contributed by atoms with Crippen molar-refractivity contribution in [1.82, 2.24) is 0 Å². The standard InChI is InChI=1S/C12H14BrFO4/c1-6(12(15)16)4-7-5-8(17-2)11(18-3)9(13)10(7)14/h5-6H,4H2,1-3H3,(H,15,16). The average Bonchev–Trinajstić information content (AvgIpc) is 2.34. The Bertz CT molecular complexity index is 462. The lowest BCUT2D eigenvalue weighted by molar-refractivity contribution is -0.141. The second-order valence-electron chi connectivity index (χ2n) is 3.84. The van der Waals surface area contributed by atoms with Gasteiger partial charge in [0.15, 0.2) is 11.5 Å². The SMILES string of the molecule is COc1cc(CC(C)C(=O)O)c(F)c(Br)c1OC. The lowest BCUT2D eigenvalue weighted by atomic mass is 10.0. The van der Waals surface area contributed by atoms with Gasteiger partial charge in [0, 0.05) is 0 Å². The Labute approximate surface area is 113 Å². The van der Waals surface area contributed by atoms with Crippen LogP contribution in [-0.2, 0) is 11.2 Å². The van der Waals surface area contributed by atoms with Gasteiger partial charge in [-0.15, -0.1) is 0 Å². The van der Waals surface area contributed by atoms with E-state index in [-0.39, 0.29) is 22.2 Å². The summed E-state index contributed by atoms with van der Waals surface area (Å²) in [6.07, 6.45) is 0.0835. The number of carboxylic acid groups (broad SMARTS) is 1. The van der Waals surface area contributed by atoms with Crippen molar-refractivity contribution in [2.75, 3.05) is 14.2 Å². The number of ether oxygens (including phenoxy) is 2. The van der Waals surface area contributed by atoms with Gasteiger partial charge in [0.25, 0.3) is 0 Å². The van der Waals surface area contributed by atoms with E-state index < -0.39 is 17.7 Å². The minimum Gasteiger partial charge on any atom is -0.493 e. The van der Waals surface area contributed by atoms with Crippen molar-refractivity contribution < 1.29 is 23.8 Å². The number of carboxylic acids is 1. The quantitative estimate of drug-likeness (QED) is 0.906. The third-order valence-electron chi connectivity index (χ3n) is 2.57. The number of aliphatic carboxylic acids is 1. The summed E-state index contributed by atoms with van der Waals surface area (Å²) in [5, 5.41) is 8.84. The van der Waals surface area contributed by atoms with Gasteiger partial charge in [-0.05, 0) is 34.0 Å². The van der Waals surface area contributed by atoms with Crippen LogP contribution >= 0.6 is 15.9 Å². The Kier molecular flexibility index (Phi) is 4.95. The monoisotopic (exact) mass is 320 g/mol. The van der Waals surface area contributed by atoms with Crippen molar-refractivity contribution in [1.29, 1.82) is 0 Å². The summed E-state index contributed by atoms with van der Waals surface area (Å²) < 4.78 is 24.3. The summed E-state index contributed by atoms with van der Waals surface area (Å²) in [5.41, 5.74) is 0.273. The maximum Gasteiger partial charge on any atom is 0.306 e. The molecular weight excluding hydrogens is 307 g/mol. The zero-order chi connectivity index (χ0) is 13.9. The number of halogens is 2. The van der Waals surface area contributed by atoms with E-state index in [9.17, 15) is 9.18 Å². The fraction of sp³-hybridized carbons (Fsp3) is 0.417. The highest BCUT2D eigenvalue weighted by Gasteiger charge is 2.21. The predicted octanol–water partition coefficient (Wildman–Crippen LogP) is 2.87. The third-order valence-corrected chi connectivity index (χ3v) is 3.28. The molecule has 1 atom stereocenters. The molecule has 0 amide bonds. The molecule has 0 aliphatic heterocycles. The second-order valence-corrected chi connectivity index (χ2v) is 4.64. The first kappa shape index (κ1) is 14.8. The fourth-order valence-electron chi connectivity index (χ4n) is 1.54. The maximum absolute atomic E-state index is 14.0. The molecule has 4 nitrogen and oxygen atoms in total. The molecule has 18 heavy (non-hydrogen) atoms. The minimum absolute atomic E-state index is 0.0835. The molecule has 0 aromatic heterocycles. The van der Waals surface area contributed by atoms with E-state index >= 15 is 0 Å². The van der Waals surface area contributed by atoms with Crippen LogP contribution in [0.25, 0.3) is 0 Å². The van der Waals surface area contributed by atoms with Crippen LogP contribution in [0.2, 0.25) is 0 Å². The largest absolute Gasteiger partial charge is 0.493 e. The highest BCUT2D eigenvalue weighted by Crippen LogP contribution is 2.39. The van der Waals surface area contributed by atoms with E-state index in [1.54, 1.807) is 0 Å². The first-order valence-corrected chi connectivity index (χ1v) is 6.03. The Morgan fingerprint density at radius 2 is 2.11 bits per heavy atom. The predicted molar refractivity (Wildman–Crippen MR) is 67.7 cm³/mol. The zero-order valence-corrected chi connectivity index (χ0v) is 11.9. The van der Waals surface area contributed by atoms with Crippen LogP contribution in [0, 0.1) is 11.7 Å². The van der Waals surface area contributed by atoms with Crippen molar-refractivity contribution in [2.24, 2.45) is 5.92 Å². The van der Waals surface area contributed by atoms with E-state index in [1.165, 1.54) is 27.2 Å². The first-order chi connectivity index (χ1) is 8.42. The first-order valence-electron chi connectivity index (χ1n) is 5.24. The van der Waals surface area contributed by atoms with Crippen molar-refractivity contribution in [3.63, 3.8) is 0 Å². The van der Waals surface area contributed by atoms with Crippen molar-refractivity contribution in [3.05, 3.63) is 21.9 Å². The summed E-state index contributed by atoms with van der Waals surface area (Å²) in [7, 11) is 2.84. The molecular formula is C12H14BrFO4. The van der Waals surface area contributed by atoms with Crippen LogP contribution in [-0.4, -0.2) is 25.3 Å². The molecule has 0 saturated heterocycles. The molecule has 1 aromatic carbocycles. The average molecular weight is 321 g/mol. The van der Waals surface area contributed by atoms with E-state index in [2.05, 4.69) is 15.9 Å². The van der Waals surface area contributed by atoms with Gasteiger partial charge in [0.1, 0.15) is 5.82 Å². The summed E-state index contributed by atoms with van der Waals surface area (Å²) in [6.45, 7) is 1.52. The number of hydrogen-bond donors (Lipinski definition) is 1. The molecule has 0 heterocycles. The van der Waals surface area contributed by atoms with Crippen LogP contribution in [0.4, 0.5) is 4.39 Å². The van der Waals surface area contributed by atoms with Crippen LogP contribution in [0.15, 0.2) is 10.5 Å². The summed E-state index contributed by atoms with van der Waals surface area (Å²) >= 11 is 3.08. The van der Waals surface area contributed by atoms with Crippen LogP contribution in [0.1, 0.15) is 12.5 Å². The Morgan fingerprint density at radius 1 is 1.50 bits per heavy atom. The number of benzene rings is 1. The molecule has 0 aliphatic rings. The molecule has 1 rings (SSSR count). The van der Waals surface area contributed by atoms with Gasteiger partial charge in [0.05, 0.1) is 24.6 Å². The Hall–Kier alpha value is -1.30. The smallest absolute Gasteiger partial charge is 0.306 e. The normalized spacial score (nSPS) is 12.1. The number of rotatable bonds is 5. The molecule has 1 N–H and O–H groups in total. The zero-order valence-electron chi connectivity index (χ0n) is 10.3. The van der Waals surface area contributed by atoms with E-state index in [0.29, 0.717) is 5.75 Å². The van der Waals surface area contributed by atoms with Gasteiger partial charge in [-0.1, -0.05) is 6.92 Å². The number of hydrogen-bond acceptors (Lipinski definition) is 3. The molecule has 100 valence electrons. The summed E-state index contributed by atoms with van der Waals surface area (Å²) in [5.74, 6) is -1.56. The van der Waals surface area contributed by atoms with Gasteiger partial charge >= 0.3 is 5.97 Å². The van der Waals surface area contributed by atoms with E-state index in [1.807, 2.05) is 0 Å². The Morgan fingerprint density at radius 3 is 2.56 bits per heavy atom. The van der Waals surface area contributed by atoms with Gasteiger partial charge in [-0.2, -0.15) is 0 Å². The molecule has 0 spiro atoms. The highest BCUT2D eigenvalue weighted by atomic mass is 79.9. The molecule has 0 aliphatic carbocycles. The van der Waals surface area contributed by atoms with Gasteiger partial charge in [0.2, 0.25) is 0 Å². The number of methoxy groups -OCH3 is 2. The number of carbonyl (C=O) groups is 1. The molecule has 1 aromatic rings. The van der Waals surface area contributed by atoms with Gasteiger partial charge in [-0.3, -0.25) is 4.79 Å². The topological polar surface area (TPSA) is 55.8 Å². The van der Waals surface area contributed by atoms with Gasteiger partial charge < -0.3 is 14.6 Å².